The smallest absolute Gasteiger partial charge is 0.337 e. The number of allylic oxidation sites excluding steroid dienone is 2. The van der Waals surface area contributed by atoms with Gasteiger partial charge in [-0.3, -0.25) is 9.59 Å². The number of hydrogen-bond acceptors (Lipinski definition) is 5. The Labute approximate surface area is 499 Å². The number of fused-ring (bicyclic) bond motifs is 14. The number of aliphatic carboxylic acids is 2. The van der Waals surface area contributed by atoms with Gasteiger partial charge in [0.25, 0.3) is 0 Å². The summed E-state index contributed by atoms with van der Waals surface area (Å²) in [5.74, 6) is 3.29. The lowest BCUT2D eigenvalue weighted by Crippen LogP contribution is -2.66. The summed E-state index contributed by atoms with van der Waals surface area (Å²) in [6.45, 7) is 38.7. The van der Waals surface area contributed by atoms with Crippen molar-refractivity contribution in [1.29, 1.82) is 0 Å². The van der Waals surface area contributed by atoms with Gasteiger partial charge < -0.3 is 20.1 Å². The number of rotatable bonds is 8. The van der Waals surface area contributed by atoms with Crippen LogP contribution in [0.25, 0.3) is 0 Å². The second kappa shape index (κ2) is 20.2. The van der Waals surface area contributed by atoms with E-state index in [-0.39, 0.29) is 61.1 Å². The number of hydrogen-bond donors (Lipinski definition) is 3. The number of carbonyl (C=O) groups is 4. The fourth-order valence-corrected chi connectivity index (χ4v) is 26.1. The summed E-state index contributed by atoms with van der Waals surface area (Å²) in [6.07, 6.45) is 21.9. The minimum atomic E-state index is -0.863. The molecule has 454 valence electrons. The van der Waals surface area contributed by atoms with Crippen LogP contribution < -0.4 is 0 Å². The molecule has 20 atom stereocenters. The first-order valence-electron chi connectivity index (χ1n) is 33.1. The highest BCUT2D eigenvalue weighted by Crippen LogP contribution is 2.81. The highest BCUT2D eigenvalue weighted by atomic mass is 16.5. The average molecular weight is 1140 g/mol. The van der Waals surface area contributed by atoms with Crippen LogP contribution in [0.1, 0.15) is 255 Å². The van der Waals surface area contributed by atoms with Crippen LogP contribution in [0.3, 0.4) is 0 Å². The first kappa shape index (κ1) is 60.5. The van der Waals surface area contributed by atoms with Crippen LogP contribution in [0.4, 0.5) is 0 Å². The number of ether oxygens (including phenoxy) is 1. The molecule has 10 aliphatic carbocycles. The summed E-state index contributed by atoms with van der Waals surface area (Å²) >= 11 is 0. The standard InChI is InChI=1S/C38H54O4.C37H52O4/c1-23(2)26-15-20-38(33(40)41)22-21-36(6)28(31(26)38)13-14-30-35(5)18-16-27(24-9-11-25(12-10-24)32(39)42-8)34(3,4)29(35)17-19-37(30,36)7;1-22(2)25-14-19-37(32(40)41)21-20-35(6)27(30(25)37)12-13-29-34(5)17-15-26(23-8-10-24(11-9-23)31(38)39)33(3,4)28(34)16-18-36(29,35)7/h9-12,26-31H,1,13-22H2,2-8H3,(H,40,41);8-11,25-30H,1,12-21H2,2-7H3,(H,38,39)(H,40,41)/t26-,27?,28+,29-,30+,31+,35-,36+,37+,38-;25-,26-,27+,28-,29+,30+,34-,35+,36+,37-/m00/s1. The number of carboxylic acid groups (broad SMARTS) is 3. The van der Waals surface area contributed by atoms with E-state index in [4.69, 9.17) is 4.74 Å². The van der Waals surface area contributed by atoms with E-state index in [1.54, 1.807) is 12.1 Å². The van der Waals surface area contributed by atoms with E-state index in [1.165, 1.54) is 93.6 Å². The van der Waals surface area contributed by atoms with E-state index in [0.717, 1.165) is 64.2 Å². The molecule has 8 nitrogen and oxygen atoms in total. The van der Waals surface area contributed by atoms with Gasteiger partial charge in [0, 0.05) is 0 Å². The summed E-state index contributed by atoms with van der Waals surface area (Å²) in [4.78, 5) is 49.4. The van der Waals surface area contributed by atoms with Gasteiger partial charge in [0.1, 0.15) is 0 Å². The van der Waals surface area contributed by atoms with E-state index < -0.39 is 28.7 Å². The Kier molecular flexibility index (Phi) is 14.7. The Bertz CT molecular complexity index is 2930. The predicted octanol–water partition coefficient (Wildman–Crippen LogP) is 18.5. The Morgan fingerprint density at radius 3 is 1.14 bits per heavy atom. The van der Waals surface area contributed by atoms with E-state index in [9.17, 15) is 34.5 Å². The molecule has 10 saturated carbocycles. The summed E-state index contributed by atoms with van der Waals surface area (Å²) in [5.41, 5.74) is 6.46. The molecular formula is C75H106O8. The van der Waals surface area contributed by atoms with E-state index in [1.807, 2.05) is 12.1 Å². The van der Waals surface area contributed by atoms with Gasteiger partial charge in [0.15, 0.2) is 0 Å². The molecule has 0 bridgehead atoms. The van der Waals surface area contributed by atoms with Crippen molar-refractivity contribution in [2.45, 2.75) is 223 Å². The molecule has 1 unspecified atom stereocenters. The fourth-order valence-electron chi connectivity index (χ4n) is 26.1. The van der Waals surface area contributed by atoms with Crippen molar-refractivity contribution >= 4 is 23.9 Å². The molecule has 3 N–H and O–H groups in total. The van der Waals surface area contributed by atoms with Gasteiger partial charge in [-0.05, 0) is 292 Å². The maximum atomic E-state index is 12.9. The maximum Gasteiger partial charge on any atom is 0.337 e. The maximum absolute atomic E-state index is 12.9. The van der Waals surface area contributed by atoms with Crippen molar-refractivity contribution in [1.82, 2.24) is 0 Å². The third-order valence-electron chi connectivity index (χ3n) is 30.3. The van der Waals surface area contributed by atoms with Crippen molar-refractivity contribution < 1.29 is 39.2 Å². The lowest BCUT2D eigenvalue weighted by atomic mass is 9.31. The summed E-state index contributed by atoms with van der Waals surface area (Å²) in [7, 11) is 1.44. The summed E-state index contributed by atoms with van der Waals surface area (Å²) in [6, 6.07) is 15.9. The quantitative estimate of drug-likeness (QED) is 0.175. The van der Waals surface area contributed by atoms with Crippen LogP contribution in [0, 0.1) is 113 Å². The Morgan fingerprint density at radius 1 is 0.434 bits per heavy atom. The number of methoxy groups -OCH3 is 1. The van der Waals surface area contributed by atoms with E-state index >= 15 is 0 Å². The third kappa shape index (κ3) is 8.32. The molecule has 83 heavy (non-hydrogen) atoms. The lowest BCUT2D eigenvalue weighted by molar-refractivity contribution is -0.239. The molecule has 0 saturated heterocycles. The minimum Gasteiger partial charge on any atom is -0.481 e. The van der Waals surface area contributed by atoms with E-state index in [2.05, 4.69) is 121 Å². The number of carboxylic acids is 3. The molecule has 10 aliphatic rings. The summed E-state index contributed by atoms with van der Waals surface area (Å²) in [5, 5.41) is 30.7. The van der Waals surface area contributed by atoms with Gasteiger partial charge in [-0.25, -0.2) is 9.59 Å². The third-order valence-corrected chi connectivity index (χ3v) is 30.3. The largest absolute Gasteiger partial charge is 0.481 e. The van der Waals surface area contributed by atoms with Gasteiger partial charge >= 0.3 is 23.9 Å². The van der Waals surface area contributed by atoms with Crippen molar-refractivity contribution in [3.05, 3.63) is 95.1 Å². The summed E-state index contributed by atoms with van der Waals surface area (Å²) < 4.78 is 4.94. The van der Waals surface area contributed by atoms with Gasteiger partial charge in [-0.2, -0.15) is 0 Å². The van der Waals surface area contributed by atoms with Crippen LogP contribution in [0.2, 0.25) is 0 Å². The first-order valence-corrected chi connectivity index (χ1v) is 33.1. The lowest BCUT2D eigenvalue weighted by Gasteiger charge is -2.73. The van der Waals surface area contributed by atoms with Crippen LogP contribution in [0.5, 0.6) is 0 Å². The second-order valence-corrected chi connectivity index (χ2v) is 33.2. The van der Waals surface area contributed by atoms with Gasteiger partial charge in [-0.15, -0.1) is 0 Å². The molecule has 0 radical (unpaired) electrons. The molecule has 12 rings (SSSR count). The van der Waals surface area contributed by atoms with E-state index in [0.29, 0.717) is 70.3 Å². The van der Waals surface area contributed by atoms with Gasteiger partial charge in [-0.1, -0.05) is 118 Å². The first-order chi connectivity index (χ1) is 38.8. The van der Waals surface area contributed by atoms with Crippen molar-refractivity contribution in [2.24, 2.45) is 113 Å². The van der Waals surface area contributed by atoms with Gasteiger partial charge in [0.05, 0.1) is 29.1 Å². The second-order valence-electron chi connectivity index (χ2n) is 33.2. The SMILES string of the molecule is C=C(C)[C@@H]1CC[C@]2(C(=O)O)CC[C@]3(C)[C@H](CC[C@@H]4[C@@]5(C)CCC(c6ccc(C(=O)OC)cc6)C(C)(C)[C@@H]5CC[C@]43C)[C@@H]12.C=C(C)[C@@H]1CC[C@]2(C(=O)O)CC[C@]3(C)[C@H](CC[C@@H]4[C@@]5(C)CC[C@@H](c6ccc(C(=O)O)cc6)C(C)(C)[C@@H]5CC[C@]43C)[C@@H]12. The molecule has 0 amide bonds. The zero-order chi connectivity index (χ0) is 60.2. The number of aromatic carboxylic acids is 1. The Hall–Kier alpha value is -4.20. The zero-order valence-corrected chi connectivity index (χ0v) is 53.5. The van der Waals surface area contributed by atoms with Crippen LogP contribution >= 0.6 is 0 Å². The molecule has 0 aromatic heterocycles. The molecule has 2 aromatic rings. The Balaban J connectivity index is 0.000000174. The highest BCUT2D eigenvalue weighted by molar-refractivity contribution is 5.89. The van der Waals surface area contributed by atoms with Crippen molar-refractivity contribution in [3.8, 4) is 0 Å². The molecule has 0 aliphatic heterocycles. The van der Waals surface area contributed by atoms with Crippen LogP contribution in [0.15, 0.2) is 72.8 Å². The van der Waals surface area contributed by atoms with Crippen LogP contribution in [-0.2, 0) is 14.3 Å². The minimum absolute atomic E-state index is 0.123. The van der Waals surface area contributed by atoms with Crippen LogP contribution in [-0.4, -0.2) is 46.3 Å². The Morgan fingerprint density at radius 2 is 0.807 bits per heavy atom. The average Bonchev–Trinajstić information content (AvgIpc) is 1.57. The number of esters is 1. The molecule has 8 heteroatoms. The fraction of sp³-hybridized carbons (Fsp3) is 0.733. The topological polar surface area (TPSA) is 138 Å². The molecular weight excluding hydrogens is 1030 g/mol. The molecule has 10 fully saturated rings. The normalized spacial score (nSPS) is 45.9. The number of carbonyl (C=O) groups excluding carboxylic acids is 1. The predicted molar refractivity (Wildman–Crippen MR) is 330 cm³/mol. The zero-order valence-electron chi connectivity index (χ0n) is 53.5. The molecule has 0 heterocycles. The van der Waals surface area contributed by atoms with Crippen molar-refractivity contribution in [3.63, 3.8) is 0 Å². The monoisotopic (exact) mass is 1130 g/mol. The van der Waals surface area contributed by atoms with Crippen molar-refractivity contribution in [2.75, 3.05) is 7.11 Å². The molecule has 0 spiro atoms. The van der Waals surface area contributed by atoms with Gasteiger partial charge in [0.2, 0.25) is 0 Å². The molecule has 2 aromatic carbocycles. The highest BCUT2D eigenvalue weighted by Gasteiger charge is 2.74. The number of benzene rings is 2.